The summed E-state index contributed by atoms with van der Waals surface area (Å²) in [4.78, 5) is 0. The molecule has 0 aromatic carbocycles. The van der Waals surface area contributed by atoms with Crippen LogP contribution in [0.3, 0.4) is 0 Å². The van der Waals surface area contributed by atoms with Gasteiger partial charge < -0.3 is 10.1 Å². The Morgan fingerprint density at radius 2 is 3.29 bits per heavy atom. The lowest BCUT2D eigenvalue weighted by Gasteiger charge is -2.18. The lowest BCUT2D eigenvalue weighted by atomic mass is 10.3. The largest absolute Gasteiger partial charge is 0.376 e. The predicted molar refractivity (Wildman–Crippen MR) is 28.3 cm³/mol. The molecule has 42 valence electrons. The zero-order chi connectivity index (χ0) is 13.9. The fourth-order valence-electron chi connectivity index (χ4n) is 0.216. The highest BCUT2D eigenvalue weighted by Gasteiger charge is 2.04. The van der Waals surface area contributed by atoms with Crippen LogP contribution in [0.15, 0.2) is 0 Å². The molecule has 1 fully saturated rings. The fraction of sp³-hybridized carbons (Fsp3) is 1.00. The predicted octanol–water partition coefficient (Wildman–Crippen LogP) is -0.00530. The first-order chi connectivity index (χ1) is 7.16. The standard InChI is InChI=1S/C5H11NO/c1-5-4-6-2-3-7-5/h5-6H,2-4H2,1H3/i1D3,2D2,3D2,4D2,5D. The molecule has 1 aliphatic rings. The van der Waals surface area contributed by atoms with Crippen molar-refractivity contribution in [2.24, 2.45) is 0 Å². The van der Waals surface area contributed by atoms with E-state index in [4.69, 9.17) is 13.7 Å². The van der Waals surface area contributed by atoms with Gasteiger partial charge in [-0.15, -0.1) is 0 Å². The minimum atomic E-state index is -3.28. The fourth-order valence-corrected chi connectivity index (χ4v) is 0.216. The van der Waals surface area contributed by atoms with Crippen LogP contribution in [-0.4, -0.2) is 25.6 Å². The van der Waals surface area contributed by atoms with Crippen molar-refractivity contribution >= 4 is 0 Å². The first-order valence-electron chi connectivity index (χ1n) is 6.66. The van der Waals surface area contributed by atoms with Gasteiger partial charge >= 0.3 is 0 Å². The number of hydrogen-bond acceptors (Lipinski definition) is 2. The van der Waals surface area contributed by atoms with Crippen LogP contribution in [0, 0.1) is 0 Å². The van der Waals surface area contributed by atoms with Crippen molar-refractivity contribution in [3.05, 3.63) is 0 Å². The number of morpholine rings is 1. The molecule has 0 saturated carbocycles. The summed E-state index contributed by atoms with van der Waals surface area (Å²) in [6, 6.07) is 0. The highest BCUT2D eigenvalue weighted by atomic mass is 16.5. The van der Waals surface area contributed by atoms with Gasteiger partial charge in [-0.05, 0) is 6.85 Å². The van der Waals surface area contributed by atoms with E-state index in [2.05, 4.69) is 4.74 Å². The third-order valence-electron chi connectivity index (χ3n) is 0.443. The number of rotatable bonds is 0. The van der Waals surface area contributed by atoms with Crippen LogP contribution < -0.4 is 5.32 Å². The van der Waals surface area contributed by atoms with Gasteiger partial charge in [-0.2, -0.15) is 0 Å². The molecule has 1 saturated heterocycles. The van der Waals surface area contributed by atoms with E-state index in [0.717, 1.165) is 0 Å². The van der Waals surface area contributed by atoms with E-state index in [1.54, 1.807) is 0 Å². The average molecular weight is 111 g/mol. The molecule has 0 radical (unpaired) electrons. The minimum absolute atomic E-state index is 1.54. The molecule has 1 heterocycles. The molecule has 0 aromatic heterocycles. The average Bonchev–Trinajstić information content (AvgIpc) is 1.95. The van der Waals surface area contributed by atoms with Crippen LogP contribution in [-0.2, 0) is 4.74 Å². The molecule has 1 N–H and O–H groups in total. The molecule has 2 heteroatoms. The van der Waals surface area contributed by atoms with Crippen LogP contribution in [0.4, 0.5) is 0 Å². The summed E-state index contributed by atoms with van der Waals surface area (Å²) in [5.74, 6) is 0. The molecule has 0 aliphatic carbocycles. The van der Waals surface area contributed by atoms with Crippen LogP contribution in [0.2, 0.25) is 0 Å². The molecule has 0 bridgehead atoms. The SMILES string of the molecule is [2H]C([2H])([2H])C1([2H])OC([2H])([2H])C([2H])([2H])NC1([2H])[2H]. The van der Waals surface area contributed by atoms with E-state index in [9.17, 15) is 0 Å². The molecular formula is C5H11NO. The maximum absolute atomic E-state index is 7.48. The maximum Gasteiger partial charge on any atom is 0.0672 e. The van der Waals surface area contributed by atoms with Gasteiger partial charge in [0, 0.05) is 22.6 Å². The molecule has 2 nitrogen and oxygen atoms in total. The van der Waals surface area contributed by atoms with Gasteiger partial charge in [0.15, 0.2) is 0 Å². The molecule has 1 rings (SSSR count). The Hall–Kier alpha value is -0.0800. The second-order valence-electron chi connectivity index (χ2n) is 0.908. The van der Waals surface area contributed by atoms with E-state index in [0.29, 0.717) is 0 Å². The Bertz CT molecular complexity index is 323. The lowest BCUT2D eigenvalue weighted by molar-refractivity contribution is 0.0410. The number of hydrogen-bond donors (Lipinski definition) is 1. The smallest absolute Gasteiger partial charge is 0.0672 e. The summed E-state index contributed by atoms with van der Waals surface area (Å²) >= 11 is 0. The molecule has 1 unspecified atom stereocenters. The first-order valence-corrected chi connectivity index (χ1v) is 1.66. The van der Waals surface area contributed by atoms with E-state index in [-0.39, 0.29) is 0 Å². The van der Waals surface area contributed by atoms with E-state index < -0.39 is 32.5 Å². The first kappa shape index (κ1) is 0.847. The molecule has 7 heavy (non-hydrogen) atoms. The highest BCUT2D eigenvalue weighted by molar-refractivity contribution is 4.59. The van der Waals surface area contributed by atoms with Crippen molar-refractivity contribution in [1.29, 1.82) is 0 Å². The lowest BCUT2D eigenvalue weighted by Crippen LogP contribution is -2.36. The Balaban J connectivity index is 3.28. The Kier molecular flexibility index (Phi) is 0.276. The molecule has 1 atom stereocenters. The third-order valence-corrected chi connectivity index (χ3v) is 0.443. The molecule has 0 spiro atoms. The van der Waals surface area contributed by atoms with Gasteiger partial charge in [0.1, 0.15) is 0 Å². The monoisotopic (exact) mass is 111 g/mol. The molecule has 0 amide bonds. The zero-order valence-electron chi connectivity index (χ0n) is 13.4. The van der Waals surface area contributed by atoms with Gasteiger partial charge in [0.05, 0.1) is 16.8 Å². The van der Waals surface area contributed by atoms with Crippen molar-refractivity contribution in [2.75, 3.05) is 19.6 Å². The summed E-state index contributed by atoms with van der Waals surface area (Å²) < 4.78 is 76.4. The highest BCUT2D eigenvalue weighted by Crippen LogP contribution is 1.91. The van der Waals surface area contributed by atoms with Crippen molar-refractivity contribution < 1.29 is 18.4 Å². The summed E-state index contributed by atoms with van der Waals surface area (Å²) in [6.45, 7) is -12.5. The van der Waals surface area contributed by atoms with Gasteiger partial charge in [0.2, 0.25) is 0 Å². The van der Waals surface area contributed by atoms with Crippen LogP contribution in [0.5, 0.6) is 0 Å². The molecular weight excluding hydrogens is 90.1 g/mol. The second-order valence-corrected chi connectivity index (χ2v) is 0.908. The second kappa shape index (κ2) is 2.28. The van der Waals surface area contributed by atoms with Gasteiger partial charge in [0.25, 0.3) is 0 Å². The summed E-state index contributed by atoms with van der Waals surface area (Å²) in [5, 5.41) is 1.54. The minimum Gasteiger partial charge on any atom is -0.376 e. The van der Waals surface area contributed by atoms with Gasteiger partial charge in [-0.25, -0.2) is 0 Å². The summed E-state index contributed by atoms with van der Waals surface area (Å²) in [6.07, 6.45) is -3.24. The normalized spacial score (nSPS) is 88.0. The Labute approximate surface area is 57.9 Å². The zero-order valence-corrected chi connectivity index (χ0v) is 3.41. The van der Waals surface area contributed by atoms with Crippen LogP contribution >= 0.6 is 0 Å². The van der Waals surface area contributed by atoms with Gasteiger partial charge in [-0.1, -0.05) is 0 Å². The van der Waals surface area contributed by atoms with Gasteiger partial charge in [-0.3, -0.25) is 0 Å². The van der Waals surface area contributed by atoms with E-state index in [1.165, 1.54) is 5.32 Å². The van der Waals surface area contributed by atoms with Crippen molar-refractivity contribution in [3.63, 3.8) is 0 Å². The summed E-state index contributed by atoms with van der Waals surface area (Å²) in [5.41, 5.74) is 0. The maximum atomic E-state index is 7.48. The number of nitrogens with one attached hydrogen (secondary N) is 1. The van der Waals surface area contributed by atoms with E-state index >= 15 is 0 Å². The van der Waals surface area contributed by atoms with Crippen molar-refractivity contribution in [1.82, 2.24) is 5.32 Å². The van der Waals surface area contributed by atoms with Crippen molar-refractivity contribution in [3.8, 4) is 0 Å². The number of ether oxygens (including phenoxy) is 1. The third kappa shape index (κ3) is 1.45. The topological polar surface area (TPSA) is 21.3 Å². The van der Waals surface area contributed by atoms with Crippen LogP contribution in [0.25, 0.3) is 0 Å². The van der Waals surface area contributed by atoms with Crippen molar-refractivity contribution in [2.45, 2.75) is 12.9 Å². The summed E-state index contributed by atoms with van der Waals surface area (Å²) in [7, 11) is 0. The van der Waals surface area contributed by atoms with Crippen LogP contribution in [0.1, 0.15) is 20.6 Å². The van der Waals surface area contributed by atoms with E-state index in [1.807, 2.05) is 0 Å². The quantitative estimate of drug-likeness (QED) is 0.475. The Morgan fingerprint density at radius 1 is 2.29 bits per heavy atom. The Morgan fingerprint density at radius 3 is 4.14 bits per heavy atom. The molecule has 0 aromatic rings. The molecule has 1 aliphatic heterocycles.